The van der Waals surface area contributed by atoms with Crippen LogP contribution in [0.15, 0.2) is 30.3 Å². The Bertz CT molecular complexity index is 476. The van der Waals surface area contributed by atoms with Crippen LogP contribution in [0.2, 0.25) is 0 Å². The van der Waals surface area contributed by atoms with Gasteiger partial charge in [0.2, 0.25) is 0 Å². The zero-order valence-corrected chi connectivity index (χ0v) is 11.2. The molecule has 1 aromatic carbocycles. The van der Waals surface area contributed by atoms with Crippen LogP contribution in [-0.2, 0) is 19.1 Å². The van der Waals surface area contributed by atoms with Crippen molar-refractivity contribution in [2.75, 3.05) is 26.8 Å². The molecule has 2 rings (SSSR count). The van der Waals surface area contributed by atoms with E-state index < -0.39 is 18.2 Å². The lowest BCUT2D eigenvalue weighted by Crippen LogP contribution is -2.50. The molecule has 0 spiro atoms. The van der Waals surface area contributed by atoms with Gasteiger partial charge in [0.1, 0.15) is 0 Å². The number of carbonyl (C=O) groups is 2. The molecule has 1 aliphatic heterocycles. The molecule has 0 bridgehead atoms. The number of hydrogen-bond acceptors (Lipinski definition) is 4. The maximum Gasteiger partial charge on any atom is 0.334 e. The Labute approximate surface area is 116 Å². The standard InChI is InChI=1S/C14H17NO5/c1-19-12(10-5-3-2-4-6-10)13(16)15-7-8-20-11(9-15)14(17)18/h2-6,11-12H,7-9H2,1H3,(H,17,18)/t11-,12+/m1/s1. The lowest BCUT2D eigenvalue weighted by molar-refractivity contribution is -0.162. The number of amides is 1. The lowest BCUT2D eigenvalue weighted by atomic mass is 10.1. The molecule has 0 aromatic heterocycles. The average Bonchev–Trinajstić information content (AvgIpc) is 2.49. The van der Waals surface area contributed by atoms with Crippen molar-refractivity contribution in [3.63, 3.8) is 0 Å². The monoisotopic (exact) mass is 279 g/mol. The van der Waals surface area contributed by atoms with Gasteiger partial charge in [0, 0.05) is 13.7 Å². The van der Waals surface area contributed by atoms with Gasteiger partial charge in [0.05, 0.1) is 13.2 Å². The molecule has 1 heterocycles. The molecule has 1 amide bonds. The zero-order valence-electron chi connectivity index (χ0n) is 11.2. The predicted molar refractivity (Wildman–Crippen MR) is 70.1 cm³/mol. The minimum Gasteiger partial charge on any atom is -0.479 e. The molecule has 0 unspecified atom stereocenters. The van der Waals surface area contributed by atoms with Crippen LogP contribution in [0.25, 0.3) is 0 Å². The summed E-state index contributed by atoms with van der Waals surface area (Å²) in [4.78, 5) is 24.9. The Kier molecular flexibility index (Phi) is 4.70. The summed E-state index contributed by atoms with van der Waals surface area (Å²) in [6.07, 6.45) is -1.69. The van der Waals surface area contributed by atoms with Crippen LogP contribution in [0.1, 0.15) is 11.7 Å². The third-order valence-electron chi connectivity index (χ3n) is 3.22. The van der Waals surface area contributed by atoms with Crippen LogP contribution in [-0.4, -0.2) is 54.8 Å². The van der Waals surface area contributed by atoms with Crippen LogP contribution < -0.4 is 0 Å². The highest BCUT2D eigenvalue weighted by atomic mass is 16.5. The van der Waals surface area contributed by atoms with E-state index in [0.29, 0.717) is 6.54 Å². The van der Waals surface area contributed by atoms with Gasteiger partial charge >= 0.3 is 5.97 Å². The van der Waals surface area contributed by atoms with Gasteiger partial charge < -0.3 is 19.5 Å². The molecule has 20 heavy (non-hydrogen) atoms. The number of nitrogens with zero attached hydrogens (tertiary/aromatic N) is 1. The summed E-state index contributed by atoms with van der Waals surface area (Å²) >= 11 is 0. The van der Waals surface area contributed by atoms with Crippen molar-refractivity contribution in [3.05, 3.63) is 35.9 Å². The molecule has 1 fully saturated rings. The number of rotatable bonds is 4. The van der Waals surface area contributed by atoms with Crippen LogP contribution in [0.3, 0.4) is 0 Å². The van der Waals surface area contributed by atoms with Gasteiger partial charge in [0.25, 0.3) is 5.91 Å². The molecule has 6 heteroatoms. The van der Waals surface area contributed by atoms with Crippen LogP contribution in [0.5, 0.6) is 0 Å². The van der Waals surface area contributed by atoms with E-state index >= 15 is 0 Å². The zero-order chi connectivity index (χ0) is 14.5. The Balaban J connectivity index is 2.11. The number of morpholine rings is 1. The Morgan fingerprint density at radius 2 is 2.10 bits per heavy atom. The molecule has 1 N–H and O–H groups in total. The van der Waals surface area contributed by atoms with E-state index in [0.717, 1.165) is 5.56 Å². The van der Waals surface area contributed by atoms with Gasteiger partial charge in [-0.15, -0.1) is 0 Å². The maximum absolute atomic E-state index is 12.5. The third-order valence-corrected chi connectivity index (χ3v) is 3.22. The van der Waals surface area contributed by atoms with E-state index in [-0.39, 0.29) is 19.1 Å². The van der Waals surface area contributed by atoms with Crippen molar-refractivity contribution in [2.24, 2.45) is 0 Å². The van der Waals surface area contributed by atoms with Gasteiger partial charge in [-0.05, 0) is 5.56 Å². The van der Waals surface area contributed by atoms with Gasteiger partial charge in [-0.3, -0.25) is 4.79 Å². The van der Waals surface area contributed by atoms with E-state index in [1.54, 1.807) is 12.1 Å². The minimum absolute atomic E-state index is 0.0425. The van der Waals surface area contributed by atoms with E-state index in [1.807, 2.05) is 18.2 Å². The number of benzene rings is 1. The van der Waals surface area contributed by atoms with Crippen LogP contribution in [0.4, 0.5) is 0 Å². The SMILES string of the molecule is CO[C@H](C(=O)N1CCO[C@@H](C(=O)O)C1)c1ccccc1. The fraction of sp³-hybridized carbons (Fsp3) is 0.429. The maximum atomic E-state index is 12.5. The first-order valence-electron chi connectivity index (χ1n) is 6.34. The number of aliphatic carboxylic acids is 1. The molecule has 1 saturated heterocycles. The number of ether oxygens (including phenoxy) is 2. The van der Waals surface area contributed by atoms with Crippen molar-refractivity contribution < 1.29 is 24.2 Å². The van der Waals surface area contributed by atoms with Gasteiger partial charge in [-0.1, -0.05) is 30.3 Å². The summed E-state index contributed by atoms with van der Waals surface area (Å²) < 4.78 is 10.4. The van der Waals surface area contributed by atoms with E-state index in [2.05, 4.69) is 0 Å². The molecule has 1 aliphatic rings. The number of carboxylic acid groups (broad SMARTS) is 1. The fourth-order valence-electron chi connectivity index (χ4n) is 2.17. The Morgan fingerprint density at radius 3 is 2.70 bits per heavy atom. The lowest BCUT2D eigenvalue weighted by Gasteiger charge is -2.33. The Hall–Kier alpha value is -1.92. The summed E-state index contributed by atoms with van der Waals surface area (Å²) in [7, 11) is 1.46. The van der Waals surface area contributed by atoms with Crippen LogP contribution in [0, 0.1) is 0 Å². The molecule has 108 valence electrons. The van der Waals surface area contributed by atoms with E-state index in [4.69, 9.17) is 14.6 Å². The first kappa shape index (κ1) is 14.5. The molecule has 0 saturated carbocycles. The highest BCUT2D eigenvalue weighted by Crippen LogP contribution is 2.20. The second-order valence-corrected chi connectivity index (χ2v) is 4.51. The van der Waals surface area contributed by atoms with E-state index in [1.165, 1.54) is 12.0 Å². The van der Waals surface area contributed by atoms with Crippen molar-refractivity contribution in [1.82, 2.24) is 4.90 Å². The normalized spacial score (nSPS) is 20.4. The van der Waals surface area contributed by atoms with Gasteiger partial charge in [-0.25, -0.2) is 4.79 Å². The largest absolute Gasteiger partial charge is 0.479 e. The number of carboxylic acids is 1. The second-order valence-electron chi connectivity index (χ2n) is 4.51. The quantitative estimate of drug-likeness (QED) is 0.877. The molecule has 0 radical (unpaired) electrons. The second kappa shape index (κ2) is 6.49. The summed E-state index contributed by atoms with van der Waals surface area (Å²) in [5, 5.41) is 8.96. The molecular formula is C14H17NO5. The minimum atomic E-state index is -1.06. The summed E-state index contributed by atoms with van der Waals surface area (Å²) in [6.45, 7) is 0.629. The highest BCUT2D eigenvalue weighted by molar-refractivity contribution is 5.83. The van der Waals surface area contributed by atoms with Crippen molar-refractivity contribution in [2.45, 2.75) is 12.2 Å². The topological polar surface area (TPSA) is 76.1 Å². The molecular weight excluding hydrogens is 262 g/mol. The first-order valence-corrected chi connectivity index (χ1v) is 6.34. The first-order chi connectivity index (χ1) is 9.63. The fourth-order valence-corrected chi connectivity index (χ4v) is 2.17. The molecule has 1 aromatic rings. The smallest absolute Gasteiger partial charge is 0.334 e. The average molecular weight is 279 g/mol. The third kappa shape index (κ3) is 3.15. The van der Waals surface area contributed by atoms with Gasteiger partial charge in [0.15, 0.2) is 12.2 Å². The van der Waals surface area contributed by atoms with Crippen molar-refractivity contribution in [3.8, 4) is 0 Å². The van der Waals surface area contributed by atoms with Crippen LogP contribution >= 0.6 is 0 Å². The van der Waals surface area contributed by atoms with Gasteiger partial charge in [-0.2, -0.15) is 0 Å². The number of hydrogen-bond donors (Lipinski definition) is 1. The summed E-state index contributed by atoms with van der Waals surface area (Å²) in [6, 6.07) is 9.13. The number of carbonyl (C=O) groups excluding carboxylic acids is 1. The van der Waals surface area contributed by atoms with Crippen molar-refractivity contribution in [1.29, 1.82) is 0 Å². The molecule has 6 nitrogen and oxygen atoms in total. The van der Waals surface area contributed by atoms with Crippen molar-refractivity contribution >= 4 is 11.9 Å². The highest BCUT2D eigenvalue weighted by Gasteiger charge is 2.33. The molecule has 2 atom stereocenters. The van der Waals surface area contributed by atoms with E-state index in [9.17, 15) is 9.59 Å². The Morgan fingerprint density at radius 1 is 1.40 bits per heavy atom. The summed E-state index contributed by atoms with van der Waals surface area (Å²) in [5.74, 6) is -1.30. The summed E-state index contributed by atoms with van der Waals surface area (Å²) in [5.41, 5.74) is 0.748. The molecule has 0 aliphatic carbocycles. The predicted octanol–water partition coefficient (Wildman–Crippen LogP) is 0.686. The number of methoxy groups -OCH3 is 1.